The molecule has 3 rings (SSSR count). The molecule has 27 heavy (non-hydrogen) atoms. The van der Waals surface area contributed by atoms with Crippen molar-refractivity contribution in [3.63, 3.8) is 0 Å². The molecule has 5 heteroatoms. The van der Waals surface area contributed by atoms with Crippen molar-refractivity contribution in [1.29, 1.82) is 10.5 Å². The van der Waals surface area contributed by atoms with Gasteiger partial charge in [-0.1, -0.05) is 19.9 Å². The molecule has 1 heterocycles. The fourth-order valence-corrected chi connectivity index (χ4v) is 2.76. The van der Waals surface area contributed by atoms with Crippen molar-refractivity contribution < 1.29 is 4.74 Å². The van der Waals surface area contributed by atoms with E-state index in [1.807, 2.05) is 32.0 Å². The first-order valence-electron chi connectivity index (χ1n) is 8.70. The monoisotopic (exact) mass is 358 g/mol. The fourth-order valence-electron chi connectivity index (χ4n) is 2.76. The Morgan fingerprint density at radius 3 is 2.59 bits per heavy atom. The van der Waals surface area contributed by atoms with Gasteiger partial charge in [-0.3, -0.25) is 0 Å². The number of aromatic amines is 1. The molecule has 0 radical (unpaired) electrons. The summed E-state index contributed by atoms with van der Waals surface area (Å²) in [5.41, 5.74) is 10.1. The highest BCUT2D eigenvalue weighted by Crippen LogP contribution is 2.30. The molecule has 0 saturated heterocycles. The topological polar surface area (TPSA) is 98.6 Å². The van der Waals surface area contributed by atoms with E-state index in [9.17, 15) is 5.26 Å². The number of fused-ring (bicyclic) bond motifs is 1. The average Bonchev–Trinajstić information content (AvgIpc) is 3.16. The molecular weight excluding hydrogens is 336 g/mol. The van der Waals surface area contributed by atoms with Crippen LogP contribution in [0.1, 0.15) is 36.1 Å². The number of nitrogens with two attached hydrogens (primary N) is 1. The summed E-state index contributed by atoms with van der Waals surface area (Å²) in [4.78, 5) is 3.17. The van der Waals surface area contributed by atoms with E-state index in [2.05, 4.69) is 17.1 Å². The molecular formula is C22H22N4O. The van der Waals surface area contributed by atoms with Crippen LogP contribution in [0, 0.1) is 22.7 Å². The lowest BCUT2D eigenvalue weighted by Crippen LogP contribution is -1.95. The minimum Gasteiger partial charge on any atom is -0.496 e. The maximum atomic E-state index is 9.67. The summed E-state index contributed by atoms with van der Waals surface area (Å²) in [7, 11) is 1.56. The molecule has 3 N–H and O–H groups in total. The lowest BCUT2D eigenvalue weighted by atomic mass is 10.0. The number of ether oxygens (including phenoxy) is 1. The summed E-state index contributed by atoms with van der Waals surface area (Å²) in [6.45, 7) is 4.43. The first-order valence-corrected chi connectivity index (χ1v) is 8.70. The van der Waals surface area contributed by atoms with Gasteiger partial charge in [0.15, 0.2) is 0 Å². The number of allylic oxidation sites excluding steroid dienone is 1. The quantitative estimate of drug-likeness (QED) is 0.666. The molecule has 0 unspecified atom stereocenters. The number of benzene rings is 2. The second kappa shape index (κ2) is 9.24. The van der Waals surface area contributed by atoms with Gasteiger partial charge >= 0.3 is 0 Å². The van der Waals surface area contributed by atoms with Crippen LogP contribution in [0.2, 0.25) is 0 Å². The van der Waals surface area contributed by atoms with Crippen LogP contribution >= 0.6 is 0 Å². The SMILES string of the molecule is CC.COc1ccc(C#N)cc1/C=C(\C#N)c1c[nH]c2ccc(CN)cc12. The van der Waals surface area contributed by atoms with Gasteiger partial charge in [-0.05, 0) is 42.0 Å². The highest BCUT2D eigenvalue weighted by atomic mass is 16.5. The van der Waals surface area contributed by atoms with Crippen LogP contribution in [-0.4, -0.2) is 12.1 Å². The van der Waals surface area contributed by atoms with Crippen LogP contribution < -0.4 is 10.5 Å². The third kappa shape index (κ3) is 4.17. The lowest BCUT2D eigenvalue weighted by molar-refractivity contribution is 0.414. The van der Waals surface area contributed by atoms with Gasteiger partial charge in [0.05, 0.1) is 30.4 Å². The standard InChI is InChI=1S/C20H16N4O.C2H6/c1-25-20-5-3-13(9-21)6-15(20)8-16(11-23)18-12-24-19-4-2-14(10-22)7-17(18)19;1-2/h2-8,12,24H,10,22H2,1H3;1-2H3/b16-8+;. The third-order valence-electron chi connectivity index (χ3n) is 4.05. The van der Waals surface area contributed by atoms with E-state index in [1.165, 1.54) is 0 Å². The summed E-state index contributed by atoms with van der Waals surface area (Å²) in [6.07, 6.45) is 3.54. The largest absolute Gasteiger partial charge is 0.496 e. The van der Waals surface area contributed by atoms with E-state index in [4.69, 9.17) is 15.7 Å². The predicted octanol–water partition coefficient (Wildman–Crippen LogP) is 4.60. The van der Waals surface area contributed by atoms with E-state index in [0.29, 0.717) is 29.0 Å². The number of nitrogens with one attached hydrogen (secondary N) is 1. The molecule has 0 aliphatic carbocycles. The predicted molar refractivity (Wildman–Crippen MR) is 109 cm³/mol. The summed E-state index contributed by atoms with van der Waals surface area (Å²) >= 11 is 0. The first-order chi connectivity index (χ1) is 13.2. The molecule has 0 bridgehead atoms. The molecule has 0 amide bonds. The zero-order valence-electron chi connectivity index (χ0n) is 15.7. The van der Waals surface area contributed by atoms with E-state index in [-0.39, 0.29) is 0 Å². The molecule has 5 nitrogen and oxygen atoms in total. The Balaban J connectivity index is 0.00000126. The Morgan fingerprint density at radius 2 is 1.96 bits per heavy atom. The van der Waals surface area contributed by atoms with Crippen LogP contribution in [0.4, 0.5) is 0 Å². The Kier molecular flexibility index (Phi) is 6.77. The van der Waals surface area contributed by atoms with Gasteiger partial charge in [0.1, 0.15) is 5.75 Å². The van der Waals surface area contributed by atoms with Crippen molar-refractivity contribution in [2.24, 2.45) is 5.73 Å². The zero-order valence-corrected chi connectivity index (χ0v) is 15.7. The molecule has 0 fully saturated rings. The summed E-state index contributed by atoms with van der Waals surface area (Å²) in [6, 6.07) is 15.3. The van der Waals surface area contributed by atoms with Crippen molar-refractivity contribution in [3.05, 3.63) is 64.8 Å². The number of nitrogens with zero attached hydrogens (tertiary/aromatic N) is 2. The van der Waals surface area contributed by atoms with Gasteiger partial charge in [-0.15, -0.1) is 0 Å². The zero-order chi connectivity index (χ0) is 19.8. The number of hydrogen-bond acceptors (Lipinski definition) is 4. The van der Waals surface area contributed by atoms with Gasteiger partial charge in [0, 0.05) is 34.8 Å². The molecule has 0 saturated carbocycles. The van der Waals surface area contributed by atoms with Crippen LogP contribution in [-0.2, 0) is 6.54 Å². The van der Waals surface area contributed by atoms with E-state index in [0.717, 1.165) is 22.0 Å². The molecule has 0 atom stereocenters. The summed E-state index contributed by atoms with van der Waals surface area (Å²) in [5.74, 6) is 0.606. The Bertz CT molecular complexity index is 1050. The number of aromatic nitrogens is 1. The molecule has 1 aromatic heterocycles. The van der Waals surface area contributed by atoms with Gasteiger partial charge in [0.2, 0.25) is 0 Å². The van der Waals surface area contributed by atoms with Crippen LogP contribution in [0.25, 0.3) is 22.6 Å². The summed E-state index contributed by atoms with van der Waals surface area (Å²) < 4.78 is 5.34. The Morgan fingerprint density at radius 1 is 1.19 bits per heavy atom. The van der Waals surface area contributed by atoms with Crippen molar-refractivity contribution in [3.8, 4) is 17.9 Å². The molecule has 0 aliphatic rings. The molecule has 0 aliphatic heterocycles. The second-order valence-corrected chi connectivity index (χ2v) is 5.52. The maximum absolute atomic E-state index is 9.67. The molecule has 3 aromatic rings. The lowest BCUT2D eigenvalue weighted by Gasteiger charge is -2.06. The van der Waals surface area contributed by atoms with E-state index in [1.54, 1.807) is 37.6 Å². The van der Waals surface area contributed by atoms with E-state index >= 15 is 0 Å². The fraction of sp³-hybridized carbons (Fsp3) is 0.182. The van der Waals surface area contributed by atoms with Crippen LogP contribution in [0.3, 0.4) is 0 Å². The van der Waals surface area contributed by atoms with Crippen LogP contribution in [0.15, 0.2) is 42.6 Å². The molecule has 136 valence electrons. The highest BCUT2D eigenvalue weighted by Gasteiger charge is 2.11. The van der Waals surface area contributed by atoms with Gasteiger partial charge in [-0.25, -0.2) is 0 Å². The number of methoxy groups -OCH3 is 1. The number of hydrogen-bond donors (Lipinski definition) is 2. The third-order valence-corrected chi connectivity index (χ3v) is 4.05. The minimum absolute atomic E-state index is 0.435. The van der Waals surface area contributed by atoms with Crippen molar-refractivity contribution in [2.75, 3.05) is 7.11 Å². The smallest absolute Gasteiger partial charge is 0.126 e. The summed E-state index contributed by atoms with van der Waals surface area (Å²) in [5, 5.41) is 19.7. The first kappa shape index (κ1) is 19.8. The number of rotatable bonds is 4. The van der Waals surface area contributed by atoms with Gasteiger partial charge in [-0.2, -0.15) is 10.5 Å². The van der Waals surface area contributed by atoms with Crippen LogP contribution in [0.5, 0.6) is 5.75 Å². The average molecular weight is 358 g/mol. The molecule has 2 aromatic carbocycles. The van der Waals surface area contributed by atoms with Crippen molar-refractivity contribution >= 4 is 22.6 Å². The van der Waals surface area contributed by atoms with Gasteiger partial charge in [0.25, 0.3) is 0 Å². The minimum atomic E-state index is 0.435. The van der Waals surface area contributed by atoms with Gasteiger partial charge < -0.3 is 15.5 Å². The molecule has 0 spiro atoms. The van der Waals surface area contributed by atoms with E-state index < -0.39 is 0 Å². The number of H-pyrrole nitrogens is 1. The van der Waals surface area contributed by atoms with Crippen molar-refractivity contribution in [2.45, 2.75) is 20.4 Å². The van der Waals surface area contributed by atoms with Crippen molar-refractivity contribution in [1.82, 2.24) is 4.98 Å². The highest BCUT2D eigenvalue weighted by molar-refractivity contribution is 6.01. The normalized spacial score (nSPS) is 10.5. The maximum Gasteiger partial charge on any atom is 0.126 e. The second-order valence-electron chi connectivity index (χ2n) is 5.52. The Hall–Kier alpha value is -3.54. The Labute approximate surface area is 159 Å². The number of nitriles is 2.